The first-order valence-electron chi connectivity index (χ1n) is 9.46. The number of fused-ring (bicyclic) bond motifs is 1. The molecule has 2 aromatic rings. The van der Waals surface area contributed by atoms with E-state index in [1.807, 2.05) is 6.26 Å². The van der Waals surface area contributed by atoms with E-state index in [9.17, 15) is 13.2 Å². The van der Waals surface area contributed by atoms with E-state index < -0.39 is 10.0 Å². The van der Waals surface area contributed by atoms with Crippen LogP contribution < -0.4 is 4.90 Å². The van der Waals surface area contributed by atoms with Gasteiger partial charge >= 0.3 is 0 Å². The fourth-order valence-electron chi connectivity index (χ4n) is 3.87. The van der Waals surface area contributed by atoms with Crippen LogP contribution in [0.4, 0.5) is 5.69 Å². The van der Waals surface area contributed by atoms with E-state index in [1.54, 1.807) is 45.7 Å². The van der Waals surface area contributed by atoms with E-state index >= 15 is 0 Å². The number of sulfonamides is 1. The average molecular weight is 418 g/mol. The molecule has 1 aromatic carbocycles. The smallest absolute Gasteiger partial charge is 0.261 e. The molecule has 2 aliphatic rings. The zero-order chi connectivity index (χ0) is 19.7. The number of benzene rings is 1. The number of piperidine rings is 1. The Kier molecular flexibility index (Phi) is 5.44. The Bertz CT molecular complexity index is 1000. The van der Waals surface area contributed by atoms with Gasteiger partial charge in [0.25, 0.3) is 5.91 Å². The highest BCUT2D eigenvalue weighted by Crippen LogP contribution is 2.33. The third kappa shape index (κ3) is 3.44. The van der Waals surface area contributed by atoms with Crippen molar-refractivity contribution in [1.29, 1.82) is 0 Å². The van der Waals surface area contributed by atoms with Gasteiger partial charge in [-0.15, -0.1) is 11.8 Å². The first kappa shape index (κ1) is 19.4. The highest BCUT2D eigenvalue weighted by atomic mass is 32.2. The molecular weight excluding hydrogens is 394 g/mol. The average Bonchev–Trinajstić information content (AvgIpc) is 3.17. The molecule has 8 heteroatoms. The van der Waals surface area contributed by atoms with E-state index in [1.165, 1.54) is 11.8 Å². The van der Waals surface area contributed by atoms with E-state index in [2.05, 4.69) is 4.98 Å². The third-order valence-corrected chi connectivity index (χ3v) is 7.95. The van der Waals surface area contributed by atoms with Crippen LogP contribution in [0, 0.1) is 0 Å². The minimum absolute atomic E-state index is 0.0946. The lowest BCUT2D eigenvalue weighted by Crippen LogP contribution is -2.35. The number of pyridine rings is 1. The minimum Gasteiger partial charge on any atom is -0.308 e. The molecule has 0 atom stereocenters. The van der Waals surface area contributed by atoms with Gasteiger partial charge in [0.1, 0.15) is 5.03 Å². The van der Waals surface area contributed by atoms with Gasteiger partial charge < -0.3 is 4.90 Å². The molecule has 1 amide bonds. The van der Waals surface area contributed by atoms with Gasteiger partial charge in [0.2, 0.25) is 10.0 Å². The summed E-state index contributed by atoms with van der Waals surface area (Å²) in [6.07, 6.45) is 7.14. The van der Waals surface area contributed by atoms with Crippen molar-refractivity contribution < 1.29 is 13.2 Å². The van der Waals surface area contributed by atoms with Crippen molar-refractivity contribution in [3.63, 3.8) is 0 Å². The van der Waals surface area contributed by atoms with Gasteiger partial charge in [-0.1, -0.05) is 6.42 Å². The second-order valence-electron chi connectivity index (χ2n) is 7.02. The summed E-state index contributed by atoms with van der Waals surface area (Å²) in [7, 11) is -3.47. The molecule has 0 saturated carbocycles. The maximum absolute atomic E-state index is 13.1. The van der Waals surface area contributed by atoms with Gasteiger partial charge in [0.05, 0.1) is 10.5 Å². The van der Waals surface area contributed by atoms with Crippen molar-refractivity contribution in [3.8, 4) is 0 Å². The van der Waals surface area contributed by atoms with Crippen LogP contribution in [0.1, 0.15) is 35.2 Å². The zero-order valence-electron chi connectivity index (χ0n) is 15.8. The van der Waals surface area contributed by atoms with Gasteiger partial charge in [0, 0.05) is 31.5 Å². The van der Waals surface area contributed by atoms with Crippen molar-refractivity contribution >= 4 is 33.4 Å². The number of rotatable bonds is 4. The van der Waals surface area contributed by atoms with Crippen molar-refractivity contribution in [2.45, 2.75) is 35.6 Å². The number of anilines is 1. The van der Waals surface area contributed by atoms with Gasteiger partial charge in [0.15, 0.2) is 0 Å². The monoisotopic (exact) mass is 417 g/mol. The summed E-state index contributed by atoms with van der Waals surface area (Å²) in [6, 6.07) is 8.69. The fraction of sp³-hybridized carbons (Fsp3) is 0.400. The van der Waals surface area contributed by atoms with E-state index in [0.29, 0.717) is 41.5 Å². The second kappa shape index (κ2) is 7.85. The molecule has 0 unspecified atom stereocenters. The lowest BCUT2D eigenvalue weighted by Gasteiger charge is -2.26. The summed E-state index contributed by atoms with van der Waals surface area (Å²) in [4.78, 5) is 19.4. The summed E-state index contributed by atoms with van der Waals surface area (Å²) in [5.41, 5.74) is 2.27. The van der Waals surface area contributed by atoms with E-state index in [4.69, 9.17) is 0 Å². The molecule has 0 aliphatic carbocycles. The Labute approximate surface area is 170 Å². The molecular formula is C20H23N3O3S2. The SMILES string of the molecule is CSc1ncccc1C(=O)N1CCc2cc(S(=O)(=O)N3CCCCC3)ccc21. The quantitative estimate of drug-likeness (QED) is 0.715. The fourth-order valence-corrected chi connectivity index (χ4v) is 5.98. The number of nitrogens with zero attached hydrogens (tertiary/aromatic N) is 3. The Morgan fingerprint density at radius 2 is 1.89 bits per heavy atom. The van der Waals surface area contributed by atoms with Crippen LogP contribution in [0.3, 0.4) is 0 Å². The molecule has 0 N–H and O–H groups in total. The summed E-state index contributed by atoms with van der Waals surface area (Å²) in [6.45, 7) is 1.72. The van der Waals surface area contributed by atoms with Crippen LogP contribution in [0.2, 0.25) is 0 Å². The summed E-state index contributed by atoms with van der Waals surface area (Å²) < 4.78 is 27.5. The van der Waals surface area contributed by atoms with Crippen molar-refractivity contribution in [1.82, 2.24) is 9.29 Å². The number of hydrogen-bond donors (Lipinski definition) is 0. The summed E-state index contributed by atoms with van der Waals surface area (Å²) >= 11 is 1.44. The number of amides is 1. The first-order chi connectivity index (χ1) is 13.5. The predicted molar refractivity (Wildman–Crippen MR) is 110 cm³/mol. The molecule has 28 heavy (non-hydrogen) atoms. The largest absolute Gasteiger partial charge is 0.308 e. The number of thioether (sulfide) groups is 1. The van der Waals surface area contributed by atoms with Crippen LogP contribution in [-0.2, 0) is 16.4 Å². The standard InChI is InChI=1S/C20H23N3O3S2/c1-27-19-17(6-5-10-21-19)20(24)23-13-9-15-14-16(7-8-18(15)23)28(25,26)22-11-3-2-4-12-22/h5-8,10,14H,2-4,9,11-13H2,1H3. The van der Waals surface area contributed by atoms with Crippen LogP contribution in [0.15, 0.2) is 46.5 Å². The van der Waals surface area contributed by atoms with Crippen LogP contribution in [0.5, 0.6) is 0 Å². The molecule has 1 fully saturated rings. The maximum Gasteiger partial charge on any atom is 0.261 e. The summed E-state index contributed by atoms with van der Waals surface area (Å²) in [5.74, 6) is -0.0946. The number of aromatic nitrogens is 1. The maximum atomic E-state index is 13.1. The van der Waals surface area contributed by atoms with Crippen LogP contribution in [0.25, 0.3) is 0 Å². The Morgan fingerprint density at radius 1 is 1.11 bits per heavy atom. The highest BCUT2D eigenvalue weighted by Gasteiger charge is 2.31. The molecule has 2 aliphatic heterocycles. The number of carbonyl (C=O) groups excluding carboxylic acids is 1. The Hall–Kier alpha value is -1.90. The number of hydrogen-bond acceptors (Lipinski definition) is 5. The molecule has 4 rings (SSSR count). The molecule has 3 heterocycles. The van der Waals surface area contributed by atoms with Crippen molar-refractivity contribution in [2.75, 3.05) is 30.8 Å². The number of carbonyl (C=O) groups is 1. The van der Waals surface area contributed by atoms with Gasteiger partial charge in [-0.25, -0.2) is 13.4 Å². The molecule has 6 nitrogen and oxygen atoms in total. The van der Waals surface area contributed by atoms with Gasteiger partial charge in [-0.3, -0.25) is 4.79 Å². The summed E-state index contributed by atoms with van der Waals surface area (Å²) in [5, 5.41) is 0.699. The molecule has 0 bridgehead atoms. The van der Waals surface area contributed by atoms with Gasteiger partial charge in [-0.05, 0) is 61.4 Å². The van der Waals surface area contributed by atoms with E-state index in [0.717, 1.165) is 30.5 Å². The second-order valence-corrected chi connectivity index (χ2v) is 9.76. The minimum atomic E-state index is -3.47. The highest BCUT2D eigenvalue weighted by molar-refractivity contribution is 7.98. The molecule has 0 radical (unpaired) electrons. The molecule has 148 valence electrons. The molecule has 1 aromatic heterocycles. The Morgan fingerprint density at radius 3 is 2.64 bits per heavy atom. The topological polar surface area (TPSA) is 70.6 Å². The van der Waals surface area contributed by atoms with Crippen molar-refractivity contribution in [3.05, 3.63) is 47.7 Å². The lowest BCUT2D eigenvalue weighted by molar-refractivity contribution is 0.0986. The van der Waals surface area contributed by atoms with E-state index in [-0.39, 0.29) is 5.91 Å². The third-order valence-electron chi connectivity index (χ3n) is 5.34. The molecule has 1 saturated heterocycles. The zero-order valence-corrected chi connectivity index (χ0v) is 17.4. The molecule has 0 spiro atoms. The first-order valence-corrected chi connectivity index (χ1v) is 12.1. The van der Waals surface area contributed by atoms with Crippen molar-refractivity contribution in [2.24, 2.45) is 0 Å². The van der Waals surface area contributed by atoms with Crippen LogP contribution >= 0.6 is 11.8 Å². The van der Waals surface area contributed by atoms with Gasteiger partial charge in [-0.2, -0.15) is 4.31 Å². The normalized spacial score (nSPS) is 17.5. The Balaban J connectivity index is 1.63. The lowest BCUT2D eigenvalue weighted by atomic mass is 10.1. The van der Waals surface area contributed by atoms with Crippen LogP contribution in [-0.4, -0.2) is 49.5 Å². The predicted octanol–water partition coefficient (Wildman–Crippen LogP) is 3.18.